The molecule has 210 valence electrons. The Morgan fingerprint density at radius 3 is 2.02 bits per heavy atom. The SMILES string of the molecule is COc1ccc(C(C)(C)C)cc1/C(O)=C1\C(=O)C(=O)N(c2cccc3ccccc23)C1c1ccc(C(C)(C)C)cc1. The summed E-state index contributed by atoms with van der Waals surface area (Å²) >= 11 is 0. The van der Waals surface area contributed by atoms with E-state index in [0.717, 1.165) is 27.5 Å². The summed E-state index contributed by atoms with van der Waals surface area (Å²) in [6.45, 7) is 12.6. The standard InChI is InChI=1S/C36H37NO4/c1-35(2,3)24-17-15-23(16-18-24)31-30(32(38)27-21-25(36(4,5)6)19-20-29(27)41-7)33(39)34(40)37(31)28-14-10-12-22-11-8-9-13-26(22)28/h8-21,31,38H,1-7H3/b32-30+. The van der Waals surface area contributed by atoms with E-state index in [0.29, 0.717) is 17.0 Å². The minimum atomic E-state index is -0.835. The van der Waals surface area contributed by atoms with E-state index in [1.807, 2.05) is 78.9 Å². The molecule has 5 nitrogen and oxygen atoms in total. The number of aliphatic hydroxyl groups excluding tert-OH is 1. The van der Waals surface area contributed by atoms with Gasteiger partial charge in [0.15, 0.2) is 0 Å². The van der Waals surface area contributed by atoms with Crippen LogP contribution in [0.2, 0.25) is 0 Å². The predicted octanol–water partition coefficient (Wildman–Crippen LogP) is 8.07. The van der Waals surface area contributed by atoms with Crippen LogP contribution in [0, 0.1) is 0 Å². The highest BCUT2D eigenvalue weighted by atomic mass is 16.5. The number of Topliss-reactive ketones (excluding diaryl/α,β-unsaturated/α-hetero) is 1. The van der Waals surface area contributed by atoms with Gasteiger partial charge in [-0.05, 0) is 51.1 Å². The molecule has 0 aromatic heterocycles. The Morgan fingerprint density at radius 2 is 1.39 bits per heavy atom. The second-order valence-corrected chi connectivity index (χ2v) is 12.7. The fourth-order valence-electron chi connectivity index (χ4n) is 5.48. The molecule has 0 radical (unpaired) electrons. The van der Waals surface area contributed by atoms with Crippen molar-refractivity contribution < 1.29 is 19.4 Å². The van der Waals surface area contributed by atoms with Crippen LogP contribution in [-0.4, -0.2) is 23.9 Å². The summed E-state index contributed by atoms with van der Waals surface area (Å²) < 4.78 is 5.62. The molecule has 4 aromatic rings. The van der Waals surface area contributed by atoms with Crippen molar-refractivity contribution in [2.75, 3.05) is 12.0 Å². The fourth-order valence-corrected chi connectivity index (χ4v) is 5.48. The van der Waals surface area contributed by atoms with Crippen LogP contribution in [0.25, 0.3) is 16.5 Å². The maximum Gasteiger partial charge on any atom is 0.300 e. The quantitative estimate of drug-likeness (QED) is 0.159. The first-order valence-electron chi connectivity index (χ1n) is 13.9. The van der Waals surface area contributed by atoms with Crippen molar-refractivity contribution in [1.29, 1.82) is 0 Å². The van der Waals surface area contributed by atoms with Gasteiger partial charge in [0, 0.05) is 5.39 Å². The zero-order chi connectivity index (χ0) is 29.7. The van der Waals surface area contributed by atoms with E-state index in [9.17, 15) is 14.7 Å². The first-order chi connectivity index (χ1) is 19.3. The molecular formula is C36H37NO4. The van der Waals surface area contributed by atoms with E-state index in [2.05, 4.69) is 41.5 Å². The number of methoxy groups -OCH3 is 1. The van der Waals surface area contributed by atoms with Crippen molar-refractivity contribution in [2.45, 2.75) is 58.4 Å². The lowest BCUT2D eigenvalue weighted by Crippen LogP contribution is -2.29. The number of rotatable bonds is 4. The Kier molecular flexibility index (Phi) is 7.02. The van der Waals surface area contributed by atoms with E-state index < -0.39 is 17.7 Å². The van der Waals surface area contributed by atoms with Crippen molar-refractivity contribution >= 4 is 33.9 Å². The predicted molar refractivity (Wildman–Crippen MR) is 166 cm³/mol. The lowest BCUT2D eigenvalue weighted by molar-refractivity contribution is -0.132. The minimum Gasteiger partial charge on any atom is -0.507 e. The van der Waals surface area contributed by atoms with Crippen LogP contribution >= 0.6 is 0 Å². The molecule has 0 spiro atoms. The van der Waals surface area contributed by atoms with Crippen molar-refractivity contribution in [2.24, 2.45) is 0 Å². The van der Waals surface area contributed by atoms with Crippen LogP contribution in [0.15, 0.2) is 90.5 Å². The van der Waals surface area contributed by atoms with Gasteiger partial charge in [0.1, 0.15) is 11.5 Å². The molecule has 0 aliphatic carbocycles. The molecular weight excluding hydrogens is 510 g/mol. The topological polar surface area (TPSA) is 66.8 Å². The number of anilines is 1. The Balaban J connectivity index is 1.80. The van der Waals surface area contributed by atoms with Crippen LogP contribution in [0.5, 0.6) is 5.75 Å². The molecule has 1 aliphatic rings. The van der Waals surface area contributed by atoms with Gasteiger partial charge < -0.3 is 9.84 Å². The average Bonchev–Trinajstić information content (AvgIpc) is 3.20. The van der Waals surface area contributed by atoms with E-state index >= 15 is 0 Å². The van der Waals surface area contributed by atoms with E-state index in [4.69, 9.17) is 4.74 Å². The summed E-state index contributed by atoms with van der Waals surface area (Å²) in [4.78, 5) is 29.3. The Hall–Kier alpha value is -4.38. The maximum atomic E-state index is 13.9. The minimum absolute atomic E-state index is 0.0378. The van der Waals surface area contributed by atoms with Gasteiger partial charge in [0.05, 0.1) is 30.0 Å². The van der Waals surface area contributed by atoms with Gasteiger partial charge in [-0.3, -0.25) is 14.5 Å². The number of aliphatic hydroxyl groups is 1. The summed E-state index contributed by atoms with van der Waals surface area (Å²) in [6.07, 6.45) is 0. The number of hydrogen-bond donors (Lipinski definition) is 1. The number of carbonyl (C=O) groups is 2. The zero-order valence-electron chi connectivity index (χ0n) is 24.8. The average molecular weight is 548 g/mol. The Morgan fingerprint density at radius 1 is 0.780 bits per heavy atom. The van der Waals surface area contributed by atoms with Crippen molar-refractivity contribution in [1.82, 2.24) is 0 Å². The number of nitrogens with zero attached hydrogens (tertiary/aromatic N) is 1. The largest absolute Gasteiger partial charge is 0.507 e. The van der Waals surface area contributed by atoms with Crippen molar-refractivity contribution in [3.8, 4) is 5.75 Å². The van der Waals surface area contributed by atoms with Gasteiger partial charge in [-0.25, -0.2) is 0 Å². The van der Waals surface area contributed by atoms with E-state index in [1.54, 1.807) is 6.07 Å². The maximum absolute atomic E-state index is 13.9. The second-order valence-electron chi connectivity index (χ2n) is 12.7. The summed E-state index contributed by atoms with van der Waals surface area (Å²) in [7, 11) is 1.53. The van der Waals surface area contributed by atoms with Gasteiger partial charge in [-0.1, -0.05) is 108 Å². The molecule has 1 atom stereocenters. The molecule has 0 bridgehead atoms. The molecule has 1 unspecified atom stereocenters. The third-order valence-corrected chi connectivity index (χ3v) is 7.88. The summed E-state index contributed by atoms with van der Waals surface area (Å²) in [5.74, 6) is -1.24. The monoisotopic (exact) mass is 547 g/mol. The van der Waals surface area contributed by atoms with Gasteiger partial charge >= 0.3 is 0 Å². The molecule has 1 N–H and O–H groups in total. The number of ketones is 1. The van der Waals surface area contributed by atoms with Crippen LogP contribution in [0.1, 0.15) is 69.8 Å². The number of hydrogen-bond acceptors (Lipinski definition) is 4. The molecule has 1 heterocycles. The van der Waals surface area contributed by atoms with Crippen LogP contribution in [0.4, 0.5) is 5.69 Å². The summed E-state index contributed by atoms with van der Waals surface area (Å²) in [5.41, 5.74) is 3.58. The number of ether oxygens (including phenoxy) is 1. The molecule has 0 saturated carbocycles. The second kappa shape index (κ2) is 10.2. The molecule has 1 amide bonds. The van der Waals surface area contributed by atoms with Crippen molar-refractivity contribution in [3.05, 3.63) is 113 Å². The molecule has 1 saturated heterocycles. The summed E-state index contributed by atoms with van der Waals surface area (Å²) in [5, 5.41) is 13.7. The zero-order valence-corrected chi connectivity index (χ0v) is 24.8. The van der Waals surface area contributed by atoms with Crippen molar-refractivity contribution in [3.63, 3.8) is 0 Å². The fraction of sp³-hybridized carbons (Fsp3) is 0.278. The summed E-state index contributed by atoms with van der Waals surface area (Å²) in [6, 6.07) is 26.2. The smallest absolute Gasteiger partial charge is 0.300 e. The number of benzene rings is 4. The first-order valence-corrected chi connectivity index (χ1v) is 13.9. The normalized spacial score (nSPS) is 17.3. The van der Waals surface area contributed by atoms with E-state index in [-0.39, 0.29) is 22.2 Å². The van der Waals surface area contributed by atoms with Crippen LogP contribution < -0.4 is 9.64 Å². The Bertz CT molecular complexity index is 1680. The molecule has 4 aromatic carbocycles. The molecule has 5 heteroatoms. The third kappa shape index (κ3) is 5.01. The van der Waals surface area contributed by atoms with Gasteiger partial charge in [0.25, 0.3) is 11.7 Å². The highest BCUT2D eigenvalue weighted by Gasteiger charge is 2.47. The highest BCUT2D eigenvalue weighted by molar-refractivity contribution is 6.52. The van der Waals surface area contributed by atoms with Gasteiger partial charge in [-0.2, -0.15) is 0 Å². The van der Waals surface area contributed by atoms with Crippen LogP contribution in [-0.2, 0) is 20.4 Å². The lowest BCUT2D eigenvalue weighted by Gasteiger charge is -2.28. The number of carbonyl (C=O) groups excluding carboxylic acids is 2. The first kappa shape index (κ1) is 28.2. The molecule has 5 rings (SSSR count). The molecule has 1 aliphatic heterocycles. The lowest BCUT2D eigenvalue weighted by atomic mass is 9.84. The van der Waals surface area contributed by atoms with Gasteiger partial charge in [0.2, 0.25) is 0 Å². The number of amides is 1. The Labute approximate surface area is 242 Å². The van der Waals surface area contributed by atoms with E-state index in [1.165, 1.54) is 12.0 Å². The third-order valence-electron chi connectivity index (χ3n) is 7.88. The van der Waals surface area contributed by atoms with Crippen LogP contribution in [0.3, 0.4) is 0 Å². The van der Waals surface area contributed by atoms with Gasteiger partial charge in [-0.15, -0.1) is 0 Å². The molecule has 1 fully saturated rings. The highest BCUT2D eigenvalue weighted by Crippen LogP contribution is 2.45. The number of fused-ring (bicyclic) bond motifs is 1. The molecule has 41 heavy (non-hydrogen) atoms.